The molecule has 1 rings (SSSR count). The van der Waals surface area contributed by atoms with Gasteiger partial charge in [0.25, 0.3) is 5.91 Å². The van der Waals surface area contributed by atoms with Crippen LogP contribution in [0, 0.1) is 12.8 Å². The Kier molecular flexibility index (Phi) is 5.87. The van der Waals surface area contributed by atoms with Gasteiger partial charge in [0.2, 0.25) is 0 Å². The van der Waals surface area contributed by atoms with E-state index >= 15 is 0 Å². The monoisotopic (exact) mass is 262 g/mol. The second kappa shape index (κ2) is 7.17. The zero-order valence-corrected chi connectivity index (χ0v) is 12.7. The van der Waals surface area contributed by atoms with Crippen molar-refractivity contribution in [1.82, 2.24) is 5.32 Å². The molecule has 1 atom stereocenters. The first-order valence-electron chi connectivity index (χ1n) is 7.11. The van der Waals surface area contributed by atoms with Gasteiger partial charge in [-0.3, -0.25) is 4.79 Å². The quantitative estimate of drug-likeness (QED) is 0.822. The van der Waals surface area contributed by atoms with Gasteiger partial charge in [-0.15, -0.1) is 0 Å². The number of benzene rings is 1. The molecule has 0 saturated heterocycles. The number of hydrogen-bond acceptors (Lipinski definition) is 2. The largest absolute Gasteiger partial charge is 0.384 e. The highest BCUT2D eigenvalue weighted by Gasteiger charge is 2.15. The lowest BCUT2D eigenvalue weighted by atomic mass is 10.0. The van der Waals surface area contributed by atoms with Gasteiger partial charge in [0.1, 0.15) is 0 Å². The molecule has 0 spiro atoms. The minimum atomic E-state index is -0.000182. The number of aryl methyl sites for hydroxylation is 1. The average Bonchev–Trinajstić information content (AvgIpc) is 2.35. The number of rotatable bonds is 6. The van der Waals surface area contributed by atoms with Crippen LogP contribution >= 0.6 is 0 Å². The number of anilines is 1. The van der Waals surface area contributed by atoms with Crippen LogP contribution in [0.5, 0.6) is 0 Å². The Morgan fingerprint density at radius 1 is 1.26 bits per heavy atom. The van der Waals surface area contributed by atoms with Gasteiger partial charge in [0.15, 0.2) is 0 Å². The van der Waals surface area contributed by atoms with Crippen molar-refractivity contribution < 1.29 is 4.79 Å². The Morgan fingerprint density at radius 2 is 1.95 bits per heavy atom. The molecular weight excluding hydrogens is 236 g/mol. The molecule has 1 amide bonds. The third-order valence-corrected chi connectivity index (χ3v) is 3.34. The normalized spacial score (nSPS) is 12.3. The predicted octanol–water partition coefficient (Wildman–Crippen LogP) is 3.59. The van der Waals surface area contributed by atoms with Gasteiger partial charge in [-0.25, -0.2) is 0 Å². The van der Waals surface area contributed by atoms with E-state index < -0.39 is 0 Å². The molecule has 0 saturated carbocycles. The Bertz CT molecular complexity index is 427. The SMILES string of the molecule is CCCNc1cc(C)ccc1C(=O)NC(C)C(C)C. The Labute approximate surface area is 116 Å². The summed E-state index contributed by atoms with van der Waals surface area (Å²) in [5.41, 5.74) is 2.81. The minimum Gasteiger partial charge on any atom is -0.384 e. The molecule has 0 heterocycles. The van der Waals surface area contributed by atoms with Crippen molar-refractivity contribution in [1.29, 1.82) is 0 Å². The van der Waals surface area contributed by atoms with Gasteiger partial charge in [-0.1, -0.05) is 26.8 Å². The summed E-state index contributed by atoms with van der Waals surface area (Å²) in [6, 6.07) is 6.08. The van der Waals surface area contributed by atoms with Gasteiger partial charge in [0.05, 0.1) is 5.56 Å². The summed E-state index contributed by atoms with van der Waals surface area (Å²) in [6.07, 6.45) is 1.04. The molecule has 3 nitrogen and oxygen atoms in total. The summed E-state index contributed by atoms with van der Waals surface area (Å²) in [5.74, 6) is 0.432. The first kappa shape index (κ1) is 15.5. The van der Waals surface area contributed by atoms with Gasteiger partial charge in [-0.2, -0.15) is 0 Å². The predicted molar refractivity (Wildman–Crippen MR) is 81.7 cm³/mol. The molecule has 1 unspecified atom stereocenters. The fourth-order valence-electron chi connectivity index (χ4n) is 1.71. The van der Waals surface area contributed by atoms with Crippen LogP contribution in [0.4, 0.5) is 5.69 Å². The Balaban J connectivity index is 2.88. The highest BCUT2D eigenvalue weighted by Crippen LogP contribution is 2.18. The van der Waals surface area contributed by atoms with E-state index in [1.54, 1.807) is 0 Å². The maximum absolute atomic E-state index is 12.3. The lowest BCUT2D eigenvalue weighted by molar-refractivity contribution is 0.0931. The van der Waals surface area contributed by atoms with Crippen molar-refractivity contribution in [3.63, 3.8) is 0 Å². The smallest absolute Gasteiger partial charge is 0.253 e. The van der Waals surface area contributed by atoms with Crippen LogP contribution in [-0.4, -0.2) is 18.5 Å². The van der Waals surface area contributed by atoms with Crippen LogP contribution < -0.4 is 10.6 Å². The summed E-state index contributed by atoms with van der Waals surface area (Å²) >= 11 is 0. The molecule has 0 aromatic heterocycles. The molecule has 1 aromatic carbocycles. The van der Waals surface area contributed by atoms with Crippen LogP contribution in [0.3, 0.4) is 0 Å². The molecule has 3 heteroatoms. The minimum absolute atomic E-state index is 0.000182. The average molecular weight is 262 g/mol. The molecule has 0 aliphatic rings. The van der Waals surface area contributed by atoms with Crippen molar-refractivity contribution >= 4 is 11.6 Å². The van der Waals surface area contributed by atoms with Crippen LogP contribution in [0.25, 0.3) is 0 Å². The van der Waals surface area contributed by atoms with Crippen LogP contribution in [-0.2, 0) is 0 Å². The molecule has 0 aliphatic heterocycles. The van der Waals surface area contributed by atoms with Gasteiger partial charge in [-0.05, 0) is 43.9 Å². The fourth-order valence-corrected chi connectivity index (χ4v) is 1.71. The molecule has 0 fully saturated rings. The van der Waals surface area contributed by atoms with Crippen LogP contribution in [0.2, 0.25) is 0 Å². The summed E-state index contributed by atoms with van der Waals surface area (Å²) < 4.78 is 0. The van der Waals surface area contributed by atoms with Crippen molar-refractivity contribution in [2.75, 3.05) is 11.9 Å². The highest BCUT2D eigenvalue weighted by atomic mass is 16.1. The zero-order chi connectivity index (χ0) is 14.4. The van der Waals surface area contributed by atoms with Crippen molar-refractivity contribution in [2.45, 2.75) is 47.1 Å². The first-order valence-corrected chi connectivity index (χ1v) is 7.11. The van der Waals surface area contributed by atoms with E-state index in [0.29, 0.717) is 5.92 Å². The maximum Gasteiger partial charge on any atom is 0.253 e. The van der Waals surface area contributed by atoms with E-state index in [-0.39, 0.29) is 11.9 Å². The van der Waals surface area contributed by atoms with Gasteiger partial charge >= 0.3 is 0 Å². The number of nitrogens with one attached hydrogen (secondary N) is 2. The van der Waals surface area contributed by atoms with Crippen molar-refractivity contribution in [3.05, 3.63) is 29.3 Å². The second-order valence-corrected chi connectivity index (χ2v) is 5.48. The summed E-state index contributed by atoms with van der Waals surface area (Å²) in [6.45, 7) is 11.3. The standard InChI is InChI=1S/C16H26N2O/c1-6-9-17-15-10-12(4)7-8-14(15)16(19)18-13(5)11(2)3/h7-8,10-11,13,17H,6,9H2,1-5H3,(H,18,19). The third kappa shape index (κ3) is 4.58. The lowest BCUT2D eigenvalue weighted by Crippen LogP contribution is -2.36. The second-order valence-electron chi connectivity index (χ2n) is 5.48. The van der Waals surface area contributed by atoms with Crippen molar-refractivity contribution in [3.8, 4) is 0 Å². The maximum atomic E-state index is 12.3. The summed E-state index contributed by atoms with van der Waals surface area (Å²) in [7, 11) is 0. The molecule has 1 aromatic rings. The van der Waals surface area contributed by atoms with E-state index in [0.717, 1.165) is 29.8 Å². The lowest BCUT2D eigenvalue weighted by Gasteiger charge is -2.19. The topological polar surface area (TPSA) is 41.1 Å². The highest BCUT2D eigenvalue weighted by molar-refractivity contribution is 5.99. The molecule has 106 valence electrons. The van der Waals surface area contributed by atoms with E-state index in [1.165, 1.54) is 0 Å². The fraction of sp³-hybridized carbons (Fsp3) is 0.562. The van der Waals surface area contributed by atoms with Gasteiger partial charge < -0.3 is 10.6 Å². The molecule has 0 aliphatic carbocycles. The van der Waals surface area contributed by atoms with Crippen LogP contribution in [0.1, 0.15) is 50.0 Å². The Hall–Kier alpha value is -1.51. The van der Waals surface area contributed by atoms with E-state index in [1.807, 2.05) is 32.0 Å². The molecule has 2 N–H and O–H groups in total. The number of hydrogen-bond donors (Lipinski definition) is 2. The summed E-state index contributed by atoms with van der Waals surface area (Å²) in [5, 5.41) is 6.38. The third-order valence-electron chi connectivity index (χ3n) is 3.34. The van der Waals surface area contributed by atoms with E-state index in [4.69, 9.17) is 0 Å². The molecule has 19 heavy (non-hydrogen) atoms. The van der Waals surface area contributed by atoms with E-state index in [9.17, 15) is 4.79 Å². The molecule has 0 radical (unpaired) electrons. The molecular formula is C16H26N2O. The molecule has 0 bridgehead atoms. The van der Waals surface area contributed by atoms with Crippen LogP contribution in [0.15, 0.2) is 18.2 Å². The first-order chi connectivity index (χ1) is 8.95. The van der Waals surface area contributed by atoms with E-state index in [2.05, 4.69) is 31.4 Å². The number of carbonyl (C=O) groups is 1. The summed E-state index contributed by atoms with van der Waals surface area (Å²) in [4.78, 5) is 12.3. The van der Waals surface area contributed by atoms with Crippen molar-refractivity contribution in [2.24, 2.45) is 5.92 Å². The Morgan fingerprint density at radius 3 is 2.53 bits per heavy atom. The number of carbonyl (C=O) groups excluding carboxylic acids is 1. The van der Waals surface area contributed by atoms with Gasteiger partial charge in [0, 0.05) is 18.3 Å². The number of amides is 1. The zero-order valence-electron chi connectivity index (χ0n) is 12.7.